The molecule has 0 radical (unpaired) electrons. The van der Waals surface area contributed by atoms with Gasteiger partial charge in [0.15, 0.2) is 5.16 Å². The van der Waals surface area contributed by atoms with Crippen LogP contribution in [0.2, 0.25) is 0 Å². The number of hydrogen-bond acceptors (Lipinski definition) is 8. The van der Waals surface area contributed by atoms with Crippen molar-refractivity contribution in [2.45, 2.75) is 18.5 Å². The number of nitrogens with one attached hydrogen (secondary N) is 2. The van der Waals surface area contributed by atoms with Gasteiger partial charge in [-0.25, -0.2) is 9.78 Å². The normalized spacial score (nSPS) is 10.2. The molecule has 0 fully saturated rings. The largest absolute Gasteiger partial charge is 0.469 e. The van der Waals surface area contributed by atoms with Crippen LogP contribution in [0, 0.1) is 6.92 Å². The van der Waals surface area contributed by atoms with Crippen LogP contribution in [0.4, 0.5) is 5.69 Å². The van der Waals surface area contributed by atoms with Gasteiger partial charge in [0.1, 0.15) is 0 Å². The van der Waals surface area contributed by atoms with E-state index in [1.165, 1.54) is 26.4 Å². The zero-order chi connectivity index (χ0) is 20.7. The third kappa shape index (κ3) is 5.95. The number of amides is 1. The number of aryl methyl sites for hydroxylation is 1. The van der Waals surface area contributed by atoms with E-state index in [4.69, 9.17) is 0 Å². The average molecular weight is 405 g/mol. The fourth-order valence-corrected chi connectivity index (χ4v) is 2.88. The predicted octanol–water partition coefficient (Wildman–Crippen LogP) is 1.31. The van der Waals surface area contributed by atoms with E-state index in [-0.39, 0.29) is 28.9 Å². The third-order valence-corrected chi connectivity index (χ3v) is 4.47. The van der Waals surface area contributed by atoms with Crippen LogP contribution in [-0.4, -0.2) is 47.8 Å². The molecular weight excluding hydrogens is 386 g/mol. The first-order valence-corrected chi connectivity index (χ1v) is 9.09. The van der Waals surface area contributed by atoms with Crippen LogP contribution in [0.25, 0.3) is 0 Å². The number of nitrogens with zero attached hydrogens (tertiary/aromatic N) is 1. The van der Waals surface area contributed by atoms with Crippen molar-refractivity contribution in [2.24, 2.45) is 0 Å². The highest BCUT2D eigenvalue weighted by Crippen LogP contribution is 2.19. The number of aromatic nitrogens is 2. The van der Waals surface area contributed by atoms with Crippen molar-refractivity contribution >= 4 is 35.3 Å². The topological polar surface area (TPSA) is 127 Å². The van der Waals surface area contributed by atoms with Crippen molar-refractivity contribution in [2.75, 3.05) is 25.3 Å². The molecular formula is C18H19N3O6S. The van der Waals surface area contributed by atoms with Gasteiger partial charge in [-0.2, -0.15) is 0 Å². The number of methoxy groups -OCH3 is 2. The predicted molar refractivity (Wildman–Crippen MR) is 102 cm³/mol. The zero-order valence-electron chi connectivity index (χ0n) is 15.5. The van der Waals surface area contributed by atoms with Gasteiger partial charge in [-0.05, 0) is 24.6 Å². The molecule has 0 aliphatic heterocycles. The average Bonchev–Trinajstić information content (AvgIpc) is 2.67. The maximum Gasteiger partial charge on any atom is 0.337 e. The lowest BCUT2D eigenvalue weighted by atomic mass is 10.1. The summed E-state index contributed by atoms with van der Waals surface area (Å²) in [5.41, 5.74) is 1.39. The number of benzene rings is 1. The van der Waals surface area contributed by atoms with E-state index in [0.717, 1.165) is 17.3 Å². The Bertz CT molecular complexity index is 957. The molecule has 28 heavy (non-hydrogen) atoms. The first-order chi connectivity index (χ1) is 13.3. The van der Waals surface area contributed by atoms with Crippen LogP contribution in [-0.2, 0) is 25.5 Å². The molecule has 0 aliphatic rings. The Balaban J connectivity index is 2.04. The van der Waals surface area contributed by atoms with Gasteiger partial charge in [-0.1, -0.05) is 17.8 Å². The molecule has 0 aliphatic carbocycles. The molecule has 0 saturated heterocycles. The summed E-state index contributed by atoms with van der Waals surface area (Å²) in [7, 11) is 2.52. The van der Waals surface area contributed by atoms with E-state index >= 15 is 0 Å². The van der Waals surface area contributed by atoms with Crippen LogP contribution in [0.3, 0.4) is 0 Å². The van der Waals surface area contributed by atoms with Gasteiger partial charge >= 0.3 is 11.9 Å². The van der Waals surface area contributed by atoms with E-state index in [1.54, 1.807) is 19.1 Å². The lowest BCUT2D eigenvalue weighted by molar-refractivity contribution is -0.139. The summed E-state index contributed by atoms with van der Waals surface area (Å²) in [4.78, 5) is 53.5. The number of carbonyl (C=O) groups is 3. The molecule has 0 bridgehead atoms. The van der Waals surface area contributed by atoms with Crippen molar-refractivity contribution in [1.29, 1.82) is 0 Å². The Morgan fingerprint density at radius 1 is 1.18 bits per heavy atom. The van der Waals surface area contributed by atoms with Crippen molar-refractivity contribution in [3.05, 3.63) is 51.4 Å². The molecule has 2 N–H and O–H groups in total. The second-order valence-electron chi connectivity index (χ2n) is 5.65. The first-order valence-electron chi connectivity index (χ1n) is 8.11. The number of thioether (sulfide) groups is 1. The van der Waals surface area contributed by atoms with E-state index in [9.17, 15) is 19.2 Å². The van der Waals surface area contributed by atoms with Gasteiger partial charge in [-0.15, -0.1) is 0 Å². The van der Waals surface area contributed by atoms with Crippen molar-refractivity contribution in [3.63, 3.8) is 0 Å². The van der Waals surface area contributed by atoms with Crippen molar-refractivity contribution in [3.8, 4) is 0 Å². The molecule has 0 unspecified atom stereocenters. The summed E-state index contributed by atoms with van der Waals surface area (Å²) >= 11 is 1.01. The molecule has 1 aromatic carbocycles. The minimum Gasteiger partial charge on any atom is -0.469 e. The Kier molecular flexibility index (Phi) is 7.33. The molecule has 1 heterocycles. The van der Waals surface area contributed by atoms with Gasteiger partial charge in [-0.3, -0.25) is 14.4 Å². The molecule has 0 saturated carbocycles. The van der Waals surface area contributed by atoms with Gasteiger partial charge < -0.3 is 19.8 Å². The molecule has 1 amide bonds. The molecule has 2 aromatic rings. The Morgan fingerprint density at radius 3 is 2.61 bits per heavy atom. The maximum absolute atomic E-state index is 12.2. The molecule has 1 aromatic heterocycles. The van der Waals surface area contributed by atoms with E-state index in [1.807, 2.05) is 0 Å². The van der Waals surface area contributed by atoms with Crippen LogP contribution in [0.5, 0.6) is 0 Å². The fraction of sp³-hybridized carbons (Fsp3) is 0.278. The fourth-order valence-electron chi connectivity index (χ4n) is 2.18. The monoisotopic (exact) mass is 405 g/mol. The van der Waals surface area contributed by atoms with Gasteiger partial charge in [0, 0.05) is 11.8 Å². The number of ether oxygens (including phenoxy) is 2. The van der Waals surface area contributed by atoms with E-state index in [0.29, 0.717) is 11.3 Å². The Labute approximate surface area is 164 Å². The van der Waals surface area contributed by atoms with Gasteiger partial charge in [0.2, 0.25) is 5.91 Å². The number of hydrogen-bond donors (Lipinski definition) is 2. The number of H-pyrrole nitrogens is 1. The smallest absolute Gasteiger partial charge is 0.337 e. The summed E-state index contributed by atoms with van der Waals surface area (Å²) in [5.74, 6) is -1.41. The highest BCUT2D eigenvalue weighted by Gasteiger charge is 2.12. The molecule has 148 valence electrons. The standard InChI is InChI=1S/C18H19N3O6S/c1-10-4-5-11(17(25)27-3)6-13(10)20-15(23)9-28-18-19-12(7-14(22)21-18)8-16(24)26-2/h4-7H,8-9H2,1-3H3,(H,20,23)(H,19,21,22). The number of anilines is 1. The van der Waals surface area contributed by atoms with Crippen molar-refractivity contribution in [1.82, 2.24) is 9.97 Å². The number of rotatable bonds is 7. The molecule has 10 heteroatoms. The molecule has 0 spiro atoms. The van der Waals surface area contributed by atoms with Crippen LogP contribution < -0.4 is 10.9 Å². The third-order valence-electron chi connectivity index (χ3n) is 3.60. The van der Waals surface area contributed by atoms with E-state index in [2.05, 4.69) is 24.8 Å². The summed E-state index contributed by atoms with van der Waals surface area (Å²) in [6.07, 6.45) is -0.139. The summed E-state index contributed by atoms with van der Waals surface area (Å²) in [6.45, 7) is 1.79. The number of carbonyl (C=O) groups excluding carboxylic acids is 3. The molecule has 2 rings (SSSR count). The lowest BCUT2D eigenvalue weighted by Gasteiger charge is -2.10. The maximum atomic E-state index is 12.2. The highest BCUT2D eigenvalue weighted by atomic mass is 32.2. The molecule has 9 nitrogen and oxygen atoms in total. The van der Waals surface area contributed by atoms with Crippen LogP contribution >= 0.6 is 11.8 Å². The second kappa shape index (κ2) is 9.70. The highest BCUT2D eigenvalue weighted by molar-refractivity contribution is 7.99. The SMILES string of the molecule is COC(=O)Cc1cc(=O)[nH]c(SCC(=O)Nc2cc(C(=O)OC)ccc2C)n1. The summed E-state index contributed by atoms with van der Waals surface area (Å²) in [5, 5.41) is 2.92. The minimum atomic E-state index is -0.521. The van der Waals surface area contributed by atoms with Gasteiger partial charge in [0.05, 0.1) is 37.7 Å². The first kappa shape index (κ1) is 21.2. The number of aromatic amines is 1. The lowest BCUT2D eigenvalue weighted by Crippen LogP contribution is -2.17. The van der Waals surface area contributed by atoms with E-state index < -0.39 is 17.5 Å². The minimum absolute atomic E-state index is 0.0352. The van der Waals surface area contributed by atoms with Crippen LogP contribution in [0.15, 0.2) is 34.2 Å². The second-order valence-corrected chi connectivity index (χ2v) is 6.62. The summed E-state index contributed by atoms with van der Waals surface area (Å²) in [6, 6.07) is 6.03. The Morgan fingerprint density at radius 2 is 1.93 bits per heavy atom. The zero-order valence-corrected chi connectivity index (χ0v) is 16.3. The van der Waals surface area contributed by atoms with Crippen LogP contribution in [0.1, 0.15) is 21.6 Å². The summed E-state index contributed by atoms with van der Waals surface area (Å²) < 4.78 is 9.22. The van der Waals surface area contributed by atoms with Crippen molar-refractivity contribution < 1.29 is 23.9 Å². The quantitative estimate of drug-likeness (QED) is 0.401. The van der Waals surface area contributed by atoms with Gasteiger partial charge in [0.25, 0.3) is 5.56 Å². The Hall–Kier alpha value is -3.14. The molecule has 0 atom stereocenters. The number of esters is 2.